The number of carboxylic acid groups (broad SMARTS) is 2. The highest BCUT2D eigenvalue weighted by molar-refractivity contribution is 9.10. The van der Waals surface area contributed by atoms with E-state index in [2.05, 4.69) is 20.9 Å². The molecule has 1 amide bonds. The fraction of sp³-hybridized carbons (Fsp3) is 0.500. The van der Waals surface area contributed by atoms with Gasteiger partial charge in [0.2, 0.25) is 0 Å². The number of halogens is 1. The molecular weight excluding hydrogens is 426 g/mol. The van der Waals surface area contributed by atoms with E-state index in [0.29, 0.717) is 24.1 Å². The molecule has 0 aromatic carbocycles. The molecule has 1 saturated carbocycles. The quantitative estimate of drug-likeness (QED) is 0.391. The number of nitrogens with zero attached hydrogens (tertiary/aromatic N) is 2. The van der Waals surface area contributed by atoms with E-state index in [-0.39, 0.29) is 11.9 Å². The van der Waals surface area contributed by atoms with Crippen LogP contribution in [0.5, 0.6) is 0 Å². The Labute approximate surface area is 162 Å². The summed E-state index contributed by atoms with van der Waals surface area (Å²) in [6, 6.07) is 2.46. The van der Waals surface area contributed by atoms with E-state index in [1.807, 2.05) is 11.0 Å². The molecule has 1 saturated heterocycles. The first kappa shape index (κ1) is 21.2. The molecule has 148 valence electrons. The number of aliphatic carboxylic acids is 2. The van der Waals surface area contributed by atoms with Gasteiger partial charge in [-0.05, 0) is 40.8 Å². The Balaban J connectivity index is 0.000000227. The topological polar surface area (TPSA) is 174 Å². The number of hydrogen-bond acceptors (Lipinski definition) is 7. The second-order valence-electron chi connectivity index (χ2n) is 6.36. The Morgan fingerprint density at radius 1 is 1.19 bits per heavy atom. The van der Waals surface area contributed by atoms with Crippen LogP contribution < -0.4 is 5.73 Å². The maximum atomic E-state index is 12.4. The van der Waals surface area contributed by atoms with Crippen molar-refractivity contribution in [1.82, 2.24) is 9.88 Å². The molecule has 1 aliphatic heterocycles. The molecule has 6 N–H and O–H groups in total. The standard InChI is InChI=1S/C12H14BrN3O.C4H6O6/c13-9-1-8(5-15-6-9)12(17)16-10(4-14)2-7-3-11(7)16;5-1(3(7)8)2(6)4(9)10/h1,5-7,10-11H,2-4,14H2;1-2,5-6H,(H,7,8)(H,9,10). The van der Waals surface area contributed by atoms with Gasteiger partial charge in [0.15, 0.2) is 12.2 Å². The van der Waals surface area contributed by atoms with Crippen molar-refractivity contribution in [3.8, 4) is 0 Å². The number of pyridine rings is 1. The number of hydrogen-bond donors (Lipinski definition) is 5. The monoisotopic (exact) mass is 445 g/mol. The van der Waals surface area contributed by atoms with Gasteiger partial charge in [0.25, 0.3) is 5.91 Å². The Kier molecular flexibility index (Phi) is 6.87. The highest BCUT2D eigenvalue weighted by Gasteiger charge is 2.53. The fourth-order valence-electron chi connectivity index (χ4n) is 3.03. The number of aromatic nitrogens is 1. The number of aliphatic hydroxyl groups is 2. The third-order valence-electron chi connectivity index (χ3n) is 4.47. The molecule has 11 heteroatoms. The van der Waals surface area contributed by atoms with Gasteiger partial charge in [0.05, 0.1) is 5.56 Å². The molecule has 2 aliphatic rings. The highest BCUT2D eigenvalue weighted by Crippen LogP contribution is 2.48. The van der Waals surface area contributed by atoms with Gasteiger partial charge in [0.1, 0.15) is 0 Å². The predicted octanol–water partition coefficient (Wildman–Crippen LogP) is -0.717. The average Bonchev–Trinajstić information content (AvgIpc) is 3.30. The zero-order chi connectivity index (χ0) is 20.3. The fourth-order valence-corrected chi connectivity index (χ4v) is 3.40. The molecule has 5 unspecified atom stereocenters. The number of carboxylic acids is 2. The molecule has 3 rings (SSSR count). The number of aliphatic hydroxyl groups excluding tert-OH is 2. The smallest absolute Gasteiger partial charge is 0.335 e. The normalized spacial score (nSPS) is 24.9. The maximum Gasteiger partial charge on any atom is 0.335 e. The number of carbonyl (C=O) groups is 3. The van der Waals surface area contributed by atoms with Crippen molar-refractivity contribution >= 4 is 33.8 Å². The summed E-state index contributed by atoms with van der Waals surface area (Å²) in [4.78, 5) is 38.0. The number of amides is 1. The minimum atomic E-state index is -2.27. The lowest BCUT2D eigenvalue weighted by molar-refractivity contribution is -0.165. The second kappa shape index (κ2) is 8.74. The zero-order valence-corrected chi connectivity index (χ0v) is 15.7. The zero-order valence-electron chi connectivity index (χ0n) is 14.1. The summed E-state index contributed by atoms with van der Waals surface area (Å²) in [5.74, 6) is -2.78. The van der Waals surface area contributed by atoms with Gasteiger partial charge in [-0.1, -0.05) is 0 Å². The van der Waals surface area contributed by atoms with Crippen molar-refractivity contribution in [2.45, 2.75) is 37.1 Å². The molecular formula is C16H20BrN3O7. The van der Waals surface area contributed by atoms with Gasteiger partial charge >= 0.3 is 11.9 Å². The van der Waals surface area contributed by atoms with Gasteiger partial charge in [-0.2, -0.15) is 0 Å². The van der Waals surface area contributed by atoms with Crippen LogP contribution >= 0.6 is 15.9 Å². The van der Waals surface area contributed by atoms with Crippen LogP contribution in [0.25, 0.3) is 0 Å². The molecule has 0 spiro atoms. The molecule has 1 aromatic rings. The summed E-state index contributed by atoms with van der Waals surface area (Å²) in [7, 11) is 0. The number of carbonyl (C=O) groups excluding carboxylic acids is 1. The third kappa shape index (κ3) is 5.01. The van der Waals surface area contributed by atoms with E-state index in [9.17, 15) is 14.4 Å². The molecule has 2 heterocycles. The molecule has 10 nitrogen and oxygen atoms in total. The van der Waals surface area contributed by atoms with Crippen LogP contribution in [0.15, 0.2) is 22.9 Å². The van der Waals surface area contributed by atoms with Crippen LogP contribution in [-0.4, -0.2) is 79.0 Å². The van der Waals surface area contributed by atoms with E-state index in [1.54, 1.807) is 12.4 Å². The van der Waals surface area contributed by atoms with Crippen molar-refractivity contribution in [3.05, 3.63) is 28.5 Å². The Hall–Kier alpha value is -2.08. The molecule has 27 heavy (non-hydrogen) atoms. The lowest BCUT2D eigenvalue weighted by Crippen LogP contribution is -2.42. The average molecular weight is 446 g/mol. The number of rotatable bonds is 5. The largest absolute Gasteiger partial charge is 0.479 e. The van der Waals surface area contributed by atoms with Crippen LogP contribution in [-0.2, 0) is 9.59 Å². The maximum absolute atomic E-state index is 12.4. The van der Waals surface area contributed by atoms with Crippen molar-refractivity contribution in [2.24, 2.45) is 11.7 Å². The first-order valence-corrected chi connectivity index (χ1v) is 8.91. The lowest BCUT2D eigenvalue weighted by atomic mass is 10.1. The van der Waals surface area contributed by atoms with E-state index >= 15 is 0 Å². The van der Waals surface area contributed by atoms with E-state index in [1.165, 1.54) is 0 Å². The molecule has 1 aliphatic carbocycles. The Morgan fingerprint density at radius 2 is 1.78 bits per heavy atom. The van der Waals surface area contributed by atoms with Crippen LogP contribution in [0.3, 0.4) is 0 Å². The van der Waals surface area contributed by atoms with Crippen molar-refractivity contribution < 1.29 is 34.8 Å². The van der Waals surface area contributed by atoms with Crippen LogP contribution in [0.1, 0.15) is 23.2 Å². The molecule has 0 bridgehead atoms. The van der Waals surface area contributed by atoms with Gasteiger partial charge in [-0.3, -0.25) is 9.78 Å². The first-order chi connectivity index (χ1) is 12.7. The first-order valence-electron chi connectivity index (χ1n) is 8.12. The predicted molar refractivity (Wildman–Crippen MR) is 94.7 cm³/mol. The molecule has 2 fully saturated rings. The van der Waals surface area contributed by atoms with Crippen molar-refractivity contribution in [3.63, 3.8) is 0 Å². The summed E-state index contributed by atoms with van der Waals surface area (Å²) in [6.45, 7) is 0.556. The molecule has 5 atom stereocenters. The van der Waals surface area contributed by atoms with Gasteiger partial charge in [-0.25, -0.2) is 9.59 Å². The minimum absolute atomic E-state index is 0.0688. The van der Waals surface area contributed by atoms with Crippen LogP contribution in [0.2, 0.25) is 0 Å². The number of fused-ring (bicyclic) bond motifs is 1. The number of nitrogens with two attached hydrogens (primary N) is 1. The summed E-state index contributed by atoms with van der Waals surface area (Å²) in [5, 5.41) is 32.5. The SMILES string of the molecule is NCC1CC2CC2N1C(=O)c1cncc(Br)c1.O=C(O)C(O)C(O)C(=O)O. The van der Waals surface area contributed by atoms with Gasteiger partial charge < -0.3 is 31.1 Å². The summed E-state index contributed by atoms with van der Waals surface area (Å²) in [5.41, 5.74) is 6.38. The van der Waals surface area contributed by atoms with E-state index in [0.717, 1.165) is 17.3 Å². The highest BCUT2D eigenvalue weighted by atomic mass is 79.9. The number of piperidine rings is 1. The number of likely N-dealkylation sites (tertiary alicyclic amines) is 1. The van der Waals surface area contributed by atoms with E-state index < -0.39 is 24.1 Å². The van der Waals surface area contributed by atoms with Gasteiger partial charge in [-0.15, -0.1) is 0 Å². The second-order valence-corrected chi connectivity index (χ2v) is 7.27. The summed E-state index contributed by atoms with van der Waals surface area (Å²) < 4.78 is 0.833. The molecule has 0 radical (unpaired) electrons. The molecule has 1 aromatic heterocycles. The van der Waals surface area contributed by atoms with Crippen molar-refractivity contribution in [1.29, 1.82) is 0 Å². The van der Waals surface area contributed by atoms with Gasteiger partial charge in [0, 0.05) is 35.5 Å². The minimum Gasteiger partial charge on any atom is -0.479 e. The van der Waals surface area contributed by atoms with Crippen LogP contribution in [0, 0.1) is 5.92 Å². The summed E-state index contributed by atoms with van der Waals surface area (Å²) >= 11 is 3.34. The van der Waals surface area contributed by atoms with Crippen molar-refractivity contribution in [2.75, 3.05) is 6.54 Å². The summed E-state index contributed by atoms with van der Waals surface area (Å²) in [6.07, 6.45) is 0.977. The van der Waals surface area contributed by atoms with E-state index in [4.69, 9.17) is 26.2 Å². The lowest BCUT2D eigenvalue weighted by Gasteiger charge is -2.26. The third-order valence-corrected chi connectivity index (χ3v) is 4.91. The van der Waals surface area contributed by atoms with Crippen LogP contribution in [0.4, 0.5) is 0 Å². The Bertz CT molecular complexity index is 714. The Morgan fingerprint density at radius 3 is 2.26 bits per heavy atom.